The Labute approximate surface area is 260 Å². The minimum Gasteiger partial charge on any atom is -0.483 e. The average molecular weight is 623 g/mol. The quantitative estimate of drug-likeness (QED) is 0.219. The number of esters is 2. The number of hydrogen-bond acceptors (Lipinski definition) is 8. The summed E-state index contributed by atoms with van der Waals surface area (Å²) in [7, 11) is -3.79. The molecule has 2 aromatic rings. The van der Waals surface area contributed by atoms with Crippen LogP contribution in [-0.4, -0.2) is 73.0 Å². The van der Waals surface area contributed by atoms with Crippen molar-refractivity contribution in [2.45, 2.75) is 88.3 Å². The average Bonchev–Trinajstić information content (AvgIpc) is 3.30. The standard InChI is InChI=1S/C34H42N2O7S/c1-6-17-35-18-16-33-30-26-12-13-28(41-23(4)37)31(30)42-32(33)27(14-15-34(33,29(35)19-26)43-24(5)38)36(20-22(2)3)44(39,40)21-25-10-8-7-9-11-25/h6-13,22,27,29,32H,1,14-21H2,2-5H3/t27?,29-,32?,33+,34-/m1/s1. The van der Waals surface area contributed by atoms with Crippen molar-refractivity contribution in [1.82, 2.24) is 9.21 Å². The van der Waals surface area contributed by atoms with Crippen molar-refractivity contribution in [1.29, 1.82) is 0 Å². The van der Waals surface area contributed by atoms with Crippen molar-refractivity contribution < 1.29 is 32.2 Å². The molecule has 0 amide bonds. The van der Waals surface area contributed by atoms with E-state index in [-0.39, 0.29) is 23.7 Å². The van der Waals surface area contributed by atoms with Gasteiger partial charge in [0.1, 0.15) is 11.7 Å². The summed E-state index contributed by atoms with van der Waals surface area (Å²) in [6.07, 6.45) is 3.35. The van der Waals surface area contributed by atoms with Crippen molar-refractivity contribution >= 4 is 22.0 Å². The van der Waals surface area contributed by atoms with E-state index in [0.29, 0.717) is 56.8 Å². The van der Waals surface area contributed by atoms with Gasteiger partial charge in [-0.15, -0.1) is 6.58 Å². The van der Waals surface area contributed by atoms with Gasteiger partial charge in [-0.25, -0.2) is 8.42 Å². The summed E-state index contributed by atoms with van der Waals surface area (Å²) in [5.74, 6) is -0.144. The lowest BCUT2D eigenvalue weighted by Crippen LogP contribution is -2.79. The van der Waals surface area contributed by atoms with Gasteiger partial charge in [-0.05, 0) is 48.8 Å². The monoisotopic (exact) mass is 622 g/mol. The van der Waals surface area contributed by atoms with Crippen molar-refractivity contribution in [3.8, 4) is 11.5 Å². The maximum absolute atomic E-state index is 14.3. The Bertz CT molecular complexity index is 1580. The molecule has 4 aliphatic rings. The number of carbonyl (C=O) groups is 2. The van der Waals surface area contributed by atoms with Crippen LogP contribution in [0.3, 0.4) is 0 Å². The summed E-state index contributed by atoms with van der Waals surface area (Å²) in [5, 5.41) is 0. The van der Waals surface area contributed by atoms with Gasteiger partial charge in [0, 0.05) is 39.0 Å². The highest BCUT2D eigenvalue weighted by Crippen LogP contribution is 2.67. The number of piperidine rings is 1. The molecule has 9 nitrogen and oxygen atoms in total. The van der Waals surface area contributed by atoms with E-state index < -0.39 is 39.2 Å². The maximum atomic E-state index is 14.3. The second-order valence-corrected chi connectivity index (χ2v) is 15.0. The number of nitrogens with zero attached hydrogens (tertiary/aromatic N) is 2. The van der Waals surface area contributed by atoms with E-state index in [2.05, 4.69) is 11.5 Å². The number of rotatable bonds is 10. The molecule has 2 unspecified atom stereocenters. The van der Waals surface area contributed by atoms with Crippen LogP contribution in [0.1, 0.15) is 63.6 Å². The Hall–Kier alpha value is -3.21. The molecule has 6 rings (SSSR count). The Morgan fingerprint density at radius 3 is 2.55 bits per heavy atom. The van der Waals surface area contributed by atoms with Crippen LogP contribution in [0.4, 0.5) is 0 Å². The lowest BCUT2D eigenvalue weighted by atomic mass is 9.48. The zero-order valence-electron chi connectivity index (χ0n) is 26.0. The molecule has 1 saturated heterocycles. The SMILES string of the molecule is C=CCN1CC[C@]23c4c5ccc(OC(C)=O)c4OC2C(N(CC(C)C)S(=O)(=O)Cc2ccccc2)CC[C@@]3(OC(C)=O)[C@H]1C5. The van der Waals surface area contributed by atoms with Crippen LogP contribution in [0.15, 0.2) is 55.1 Å². The van der Waals surface area contributed by atoms with E-state index in [4.69, 9.17) is 14.2 Å². The van der Waals surface area contributed by atoms with Crippen LogP contribution in [0.2, 0.25) is 0 Å². The Morgan fingerprint density at radius 1 is 1.14 bits per heavy atom. The van der Waals surface area contributed by atoms with Crippen LogP contribution in [-0.2, 0) is 41.9 Å². The number of sulfonamides is 1. The van der Waals surface area contributed by atoms with Crippen LogP contribution >= 0.6 is 0 Å². The molecule has 0 aromatic heterocycles. The lowest BCUT2D eigenvalue weighted by molar-refractivity contribution is -0.220. The predicted molar refractivity (Wildman–Crippen MR) is 166 cm³/mol. The summed E-state index contributed by atoms with van der Waals surface area (Å²) in [5.41, 5.74) is 0.867. The molecule has 2 aromatic carbocycles. The van der Waals surface area contributed by atoms with Gasteiger partial charge >= 0.3 is 11.9 Å². The van der Waals surface area contributed by atoms with E-state index in [1.54, 1.807) is 10.4 Å². The fraction of sp³-hybridized carbons (Fsp3) is 0.529. The predicted octanol–water partition coefficient (Wildman–Crippen LogP) is 4.38. The molecule has 1 saturated carbocycles. The Balaban J connectivity index is 1.54. The second-order valence-electron chi connectivity index (χ2n) is 13.1. The van der Waals surface area contributed by atoms with Gasteiger partial charge in [0.15, 0.2) is 11.5 Å². The summed E-state index contributed by atoms with van der Waals surface area (Å²) < 4.78 is 49.4. The summed E-state index contributed by atoms with van der Waals surface area (Å²) in [6.45, 7) is 12.5. The molecule has 236 valence electrons. The van der Waals surface area contributed by atoms with E-state index in [0.717, 1.165) is 16.7 Å². The molecule has 44 heavy (non-hydrogen) atoms. The van der Waals surface area contributed by atoms with Crippen LogP contribution in [0, 0.1) is 5.92 Å². The lowest BCUT2D eigenvalue weighted by Gasteiger charge is -2.65. The number of likely N-dealkylation sites (tertiary alicyclic amines) is 1. The highest BCUT2D eigenvalue weighted by atomic mass is 32.2. The summed E-state index contributed by atoms with van der Waals surface area (Å²) in [4.78, 5) is 27.5. The van der Waals surface area contributed by atoms with E-state index >= 15 is 0 Å². The van der Waals surface area contributed by atoms with Crippen LogP contribution < -0.4 is 9.47 Å². The molecule has 0 radical (unpaired) electrons. The Morgan fingerprint density at radius 2 is 1.89 bits per heavy atom. The van der Waals surface area contributed by atoms with Gasteiger partial charge in [0.2, 0.25) is 10.0 Å². The molecular weight excluding hydrogens is 580 g/mol. The second kappa shape index (κ2) is 11.3. The number of benzene rings is 2. The van der Waals surface area contributed by atoms with Gasteiger partial charge in [-0.1, -0.05) is 56.3 Å². The summed E-state index contributed by atoms with van der Waals surface area (Å²) >= 11 is 0. The van der Waals surface area contributed by atoms with Gasteiger partial charge in [-0.2, -0.15) is 4.31 Å². The molecule has 2 fully saturated rings. The van der Waals surface area contributed by atoms with E-state index in [1.807, 2.05) is 56.3 Å². The topological polar surface area (TPSA) is 102 Å². The highest BCUT2D eigenvalue weighted by molar-refractivity contribution is 7.88. The van der Waals surface area contributed by atoms with Gasteiger partial charge in [0.05, 0.1) is 23.3 Å². The molecular formula is C34H42N2O7S. The Kier molecular flexibility index (Phi) is 7.91. The zero-order chi connectivity index (χ0) is 31.4. The maximum Gasteiger partial charge on any atom is 0.308 e. The molecule has 10 heteroatoms. The van der Waals surface area contributed by atoms with Crippen molar-refractivity contribution in [3.63, 3.8) is 0 Å². The molecule has 5 atom stereocenters. The van der Waals surface area contributed by atoms with Crippen molar-refractivity contribution in [3.05, 3.63) is 71.8 Å². The first-order chi connectivity index (χ1) is 20.9. The zero-order valence-corrected chi connectivity index (χ0v) is 26.8. The van der Waals surface area contributed by atoms with Crippen LogP contribution in [0.25, 0.3) is 0 Å². The normalized spacial score (nSPS) is 28.7. The molecule has 2 aliphatic heterocycles. The molecule has 2 bridgehead atoms. The van der Waals surface area contributed by atoms with Gasteiger partial charge in [-0.3, -0.25) is 14.5 Å². The number of carbonyl (C=O) groups excluding carboxylic acids is 2. The van der Waals surface area contributed by atoms with Crippen molar-refractivity contribution in [2.24, 2.45) is 5.92 Å². The minimum absolute atomic E-state index is 0.0580. The first-order valence-corrected chi connectivity index (χ1v) is 17.1. The molecule has 1 spiro atoms. The van der Waals surface area contributed by atoms with E-state index in [9.17, 15) is 18.0 Å². The van der Waals surface area contributed by atoms with E-state index in [1.165, 1.54) is 13.8 Å². The highest BCUT2D eigenvalue weighted by Gasteiger charge is 2.76. The molecule has 2 heterocycles. The number of hydrogen-bond donors (Lipinski definition) is 0. The minimum atomic E-state index is -3.79. The largest absolute Gasteiger partial charge is 0.483 e. The third-order valence-corrected chi connectivity index (χ3v) is 11.7. The summed E-state index contributed by atoms with van der Waals surface area (Å²) in [6, 6.07) is 12.3. The van der Waals surface area contributed by atoms with Gasteiger partial charge < -0.3 is 14.2 Å². The smallest absolute Gasteiger partial charge is 0.308 e. The molecule has 2 aliphatic carbocycles. The third kappa shape index (κ3) is 4.77. The third-order valence-electron chi connectivity index (χ3n) is 9.89. The number of ether oxygens (including phenoxy) is 3. The van der Waals surface area contributed by atoms with Crippen molar-refractivity contribution in [2.75, 3.05) is 19.6 Å². The first-order valence-electron chi connectivity index (χ1n) is 15.5. The van der Waals surface area contributed by atoms with Gasteiger partial charge in [0.25, 0.3) is 0 Å². The fourth-order valence-corrected chi connectivity index (χ4v) is 10.6. The first kappa shape index (κ1) is 30.8. The van der Waals surface area contributed by atoms with Crippen LogP contribution in [0.5, 0.6) is 11.5 Å². The molecule has 0 N–H and O–H groups in total. The fourth-order valence-electron chi connectivity index (χ4n) is 8.63.